The van der Waals surface area contributed by atoms with Gasteiger partial charge < -0.3 is 5.11 Å². The molecule has 146 valence electrons. The van der Waals surface area contributed by atoms with E-state index in [1.54, 1.807) is 6.07 Å². The Morgan fingerprint density at radius 1 is 0.643 bits per heavy atom. The Hall–Kier alpha value is -2.55. The lowest BCUT2D eigenvalue weighted by Gasteiger charge is -2.30. The summed E-state index contributed by atoms with van der Waals surface area (Å²) in [6, 6.07) is 19.7. The van der Waals surface area contributed by atoms with Gasteiger partial charge in [0.15, 0.2) is 0 Å². The van der Waals surface area contributed by atoms with Crippen LogP contribution in [0.5, 0.6) is 0 Å². The summed E-state index contributed by atoms with van der Waals surface area (Å²) in [5, 5.41) is 10.7. The highest BCUT2D eigenvalue weighted by molar-refractivity contribution is 8.10. The minimum absolute atomic E-state index is 0.177. The molecule has 0 aromatic heterocycles. The normalized spacial score (nSPS) is 13.8. The van der Waals surface area contributed by atoms with E-state index in [0.29, 0.717) is 0 Å². The fraction of sp³-hybridized carbons (Fsp3) is 0.100. The highest BCUT2D eigenvalue weighted by Gasteiger charge is 2.63. The summed E-state index contributed by atoms with van der Waals surface area (Å²) in [7, 11) is -10.3. The molecule has 0 aliphatic rings. The Kier molecular flexibility index (Phi) is 5.38. The van der Waals surface area contributed by atoms with E-state index in [1.807, 2.05) is 0 Å². The number of hydrogen-bond acceptors (Lipinski definition) is 5. The summed E-state index contributed by atoms with van der Waals surface area (Å²) in [6.07, 6.45) is -2.47. The molecular weight excluding hydrogens is 403 g/mol. The molecule has 1 unspecified atom stereocenters. The lowest BCUT2D eigenvalue weighted by atomic mass is 10.1. The van der Waals surface area contributed by atoms with Gasteiger partial charge in [0.25, 0.3) is 0 Å². The number of benzene rings is 3. The second-order valence-electron chi connectivity index (χ2n) is 6.03. The van der Waals surface area contributed by atoms with Crippen LogP contribution in [0.2, 0.25) is 0 Å². The molecule has 1 N–H and O–H groups in total. The van der Waals surface area contributed by atoms with Crippen LogP contribution in [0.3, 0.4) is 0 Å². The molecule has 28 heavy (non-hydrogen) atoms. The Labute approximate surface area is 162 Å². The summed E-state index contributed by atoms with van der Waals surface area (Å²) in [4.78, 5) is -1.10. The Morgan fingerprint density at radius 3 is 1.32 bits per heavy atom. The van der Waals surface area contributed by atoms with Crippen LogP contribution in [0.1, 0.15) is 11.7 Å². The van der Waals surface area contributed by atoms with E-state index in [1.165, 1.54) is 60.7 Å². The molecule has 3 aromatic carbocycles. The first-order valence-corrected chi connectivity index (χ1v) is 11.2. The van der Waals surface area contributed by atoms with Gasteiger partial charge in [-0.15, -0.1) is 0 Å². The van der Waals surface area contributed by atoms with Gasteiger partial charge in [0, 0.05) is 0 Å². The number of rotatable bonds is 6. The molecule has 0 fully saturated rings. The second kappa shape index (κ2) is 7.46. The van der Waals surface area contributed by atoms with Crippen LogP contribution in [0.15, 0.2) is 101 Å². The second-order valence-corrected chi connectivity index (χ2v) is 10.4. The topological polar surface area (TPSA) is 88.5 Å². The van der Waals surface area contributed by atoms with Crippen molar-refractivity contribution < 1.29 is 26.3 Å². The van der Waals surface area contributed by atoms with Crippen molar-refractivity contribution in [2.24, 2.45) is 0 Å². The van der Waals surface area contributed by atoms with Gasteiger partial charge in [0.05, 0.1) is 9.79 Å². The highest BCUT2D eigenvalue weighted by atomic mass is 32.3. The molecule has 1 atom stereocenters. The van der Waals surface area contributed by atoms with Crippen molar-refractivity contribution in [3.05, 3.63) is 96.6 Å². The van der Waals surface area contributed by atoms with Crippen LogP contribution in [0.25, 0.3) is 0 Å². The van der Waals surface area contributed by atoms with Crippen LogP contribution >= 0.6 is 0 Å². The van der Waals surface area contributed by atoms with Crippen LogP contribution in [-0.4, -0.2) is 26.3 Å². The molecule has 3 aromatic rings. The summed E-state index contributed by atoms with van der Waals surface area (Å²) in [5.41, 5.74) is -0.177. The number of aliphatic hydroxyl groups is 1. The van der Waals surface area contributed by atoms with E-state index >= 15 is 4.39 Å². The molecule has 5 nitrogen and oxygen atoms in total. The number of sulfone groups is 2. The largest absolute Gasteiger partial charge is 0.383 e. The minimum atomic E-state index is -5.16. The molecule has 0 bridgehead atoms. The first-order chi connectivity index (χ1) is 13.2. The van der Waals surface area contributed by atoms with Crippen LogP contribution in [-0.2, 0) is 19.7 Å². The molecular formula is C20H17FO5S2. The van der Waals surface area contributed by atoms with E-state index in [-0.39, 0.29) is 5.56 Å². The number of halogens is 1. The zero-order valence-corrected chi connectivity index (χ0v) is 16.1. The van der Waals surface area contributed by atoms with Crippen molar-refractivity contribution in [2.75, 3.05) is 0 Å². The summed E-state index contributed by atoms with van der Waals surface area (Å²) < 4.78 is 65.0. The standard InChI is InChI=1S/C20H17FO5S2/c21-20(19(22)16-10-4-1-5-11-16,27(23,24)17-12-6-2-7-13-17)28(25,26)18-14-8-3-9-15-18/h1-15,19,22H. The molecule has 0 aliphatic carbocycles. The van der Waals surface area contributed by atoms with E-state index in [0.717, 1.165) is 24.3 Å². The molecule has 0 heterocycles. The quantitative estimate of drug-likeness (QED) is 0.661. The number of aliphatic hydroxyl groups excluding tert-OH is 1. The van der Waals surface area contributed by atoms with Gasteiger partial charge in [-0.05, 0) is 29.8 Å². The zero-order valence-electron chi connectivity index (χ0n) is 14.5. The van der Waals surface area contributed by atoms with Crippen LogP contribution in [0, 0.1) is 0 Å². The molecule has 8 heteroatoms. The summed E-state index contributed by atoms with van der Waals surface area (Å²) in [5.74, 6) is 0. The number of alkyl halides is 1. The Bertz CT molecular complexity index is 1080. The first kappa shape index (κ1) is 20.2. The fourth-order valence-corrected chi connectivity index (χ4v) is 7.06. The maximum absolute atomic E-state index is 16.4. The molecule has 0 aliphatic heterocycles. The lowest BCUT2D eigenvalue weighted by Crippen LogP contribution is -2.47. The van der Waals surface area contributed by atoms with E-state index in [4.69, 9.17) is 0 Å². The highest BCUT2D eigenvalue weighted by Crippen LogP contribution is 2.45. The minimum Gasteiger partial charge on any atom is -0.383 e. The molecule has 0 radical (unpaired) electrons. The molecule has 0 spiro atoms. The SMILES string of the molecule is O=S(=O)(c1ccccc1)C(F)(C(O)c1ccccc1)S(=O)(=O)c1ccccc1. The van der Waals surface area contributed by atoms with Crippen LogP contribution < -0.4 is 0 Å². The average molecular weight is 420 g/mol. The van der Waals surface area contributed by atoms with Crippen molar-refractivity contribution in [3.63, 3.8) is 0 Å². The number of hydrogen-bond donors (Lipinski definition) is 1. The zero-order chi connectivity index (χ0) is 20.4. The lowest BCUT2D eigenvalue weighted by molar-refractivity contribution is 0.0943. The van der Waals surface area contributed by atoms with Gasteiger partial charge in [-0.3, -0.25) is 0 Å². The van der Waals surface area contributed by atoms with Gasteiger partial charge in [-0.2, -0.15) is 0 Å². The van der Waals surface area contributed by atoms with Gasteiger partial charge in [-0.1, -0.05) is 66.7 Å². The first-order valence-electron chi connectivity index (χ1n) is 8.24. The third-order valence-electron chi connectivity index (χ3n) is 4.28. The van der Waals surface area contributed by atoms with Gasteiger partial charge in [-0.25, -0.2) is 21.2 Å². The van der Waals surface area contributed by atoms with E-state index in [2.05, 4.69) is 0 Å². The van der Waals surface area contributed by atoms with Gasteiger partial charge in [0.2, 0.25) is 19.7 Å². The van der Waals surface area contributed by atoms with Crippen molar-refractivity contribution in [1.29, 1.82) is 0 Å². The maximum Gasteiger partial charge on any atom is 0.346 e. The van der Waals surface area contributed by atoms with E-state index < -0.39 is 39.9 Å². The molecule has 3 rings (SSSR count). The van der Waals surface area contributed by atoms with Gasteiger partial charge >= 0.3 is 4.33 Å². The maximum atomic E-state index is 16.4. The third kappa shape index (κ3) is 3.13. The van der Waals surface area contributed by atoms with E-state index in [9.17, 15) is 21.9 Å². The summed E-state index contributed by atoms with van der Waals surface area (Å²) in [6.45, 7) is 0. The van der Waals surface area contributed by atoms with Crippen molar-refractivity contribution in [2.45, 2.75) is 20.2 Å². The van der Waals surface area contributed by atoms with Gasteiger partial charge in [0.1, 0.15) is 6.10 Å². The van der Waals surface area contributed by atoms with Crippen LogP contribution in [0.4, 0.5) is 4.39 Å². The predicted octanol–water partition coefficient (Wildman–Crippen LogP) is 3.29. The third-order valence-corrected chi connectivity index (χ3v) is 9.30. The molecule has 0 amide bonds. The van der Waals surface area contributed by atoms with Crippen molar-refractivity contribution in [3.8, 4) is 0 Å². The Morgan fingerprint density at radius 2 is 0.964 bits per heavy atom. The average Bonchev–Trinajstić information content (AvgIpc) is 2.74. The fourth-order valence-electron chi connectivity index (χ4n) is 2.79. The van der Waals surface area contributed by atoms with Crippen molar-refractivity contribution in [1.82, 2.24) is 0 Å². The predicted molar refractivity (Wildman–Crippen MR) is 102 cm³/mol. The smallest absolute Gasteiger partial charge is 0.346 e. The molecule has 0 saturated carbocycles. The van der Waals surface area contributed by atoms with Crippen molar-refractivity contribution >= 4 is 19.7 Å². The summed E-state index contributed by atoms with van der Waals surface area (Å²) >= 11 is 0. The monoisotopic (exact) mass is 420 g/mol. The molecule has 0 saturated heterocycles. The Balaban J connectivity index is 2.32.